The molecular weight excluding hydrogens is 262 g/mol. The molecule has 0 aliphatic carbocycles. The molecule has 0 saturated heterocycles. The minimum absolute atomic E-state index is 0.294. The van der Waals surface area contributed by atoms with Crippen LogP contribution >= 0.6 is 23.6 Å². The second kappa shape index (κ2) is 5.51. The van der Waals surface area contributed by atoms with E-state index in [4.69, 9.17) is 21.1 Å². The van der Waals surface area contributed by atoms with Crippen molar-refractivity contribution in [2.24, 2.45) is 0 Å². The Hall–Kier alpha value is -1.80. The summed E-state index contributed by atoms with van der Waals surface area (Å²) in [6, 6.07) is 2.74. The van der Waals surface area contributed by atoms with Crippen molar-refractivity contribution in [3.8, 4) is 17.2 Å². The highest BCUT2D eigenvalue weighted by atomic mass is 32.1. The van der Waals surface area contributed by atoms with Crippen LogP contribution in [0, 0.1) is 10.9 Å². The minimum Gasteiger partial charge on any atom is -0.504 e. The molecule has 0 unspecified atom stereocenters. The van der Waals surface area contributed by atoms with Gasteiger partial charge in [-0.25, -0.2) is 0 Å². The van der Waals surface area contributed by atoms with Gasteiger partial charge in [0.25, 0.3) is 0 Å². The molecule has 1 aromatic heterocycles. The quantitative estimate of drug-likeness (QED) is 0.370. The number of phenols is 3. The molecule has 1 aromatic carbocycles. The van der Waals surface area contributed by atoms with Gasteiger partial charge < -0.3 is 21.1 Å². The maximum atomic E-state index is 8.87. The van der Waals surface area contributed by atoms with Gasteiger partial charge in [0, 0.05) is 0 Å². The summed E-state index contributed by atoms with van der Waals surface area (Å²) in [5.41, 5.74) is 5.89. The predicted octanol–water partition coefficient (Wildman–Crippen LogP) is 1.89. The number of nitrogens with zero attached hydrogens (tertiary/aromatic N) is 1. The molecule has 92 valence electrons. The number of anilines is 1. The first kappa shape index (κ1) is 13.3. The second-order valence-electron chi connectivity index (χ2n) is 3.10. The van der Waals surface area contributed by atoms with Crippen molar-refractivity contribution in [1.82, 2.24) is 10.2 Å². The summed E-state index contributed by atoms with van der Waals surface area (Å²) in [6.07, 6.45) is 0. The van der Waals surface area contributed by atoms with Gasteiger partial charge in [0.05, 0.1) is 0 Å². The van der Waals surface area contributed by atoms with Gasteiger partial charge >= 0.3 is 0 Å². The molecule has 1 heterocycles. The first-order valence-corrected chi connectivity index (χ1v) is 5.65. The smallest absolute Gasteiger partial charge is 0.201 e. The third-order valence-electron chi connectivity index (χ3n) is 1.67. The number of phenolic OH excluding ortho intramolecular Hbond substituents is 3. The molecule has 0 fully saturated rings. The Morgan fingerprint density at radius 2 is 1.82 bits per heavy atom. The molecule has 0 aliphatic heterocycles. The Bertz CT molecular complexity index is 542. The molecular formula is C9H11N3O3S2. The first-order valence-electron chi connectivity index (χ1n) is 4.42. The van der Waals surface area contributed by atoms with Crippen LogP contribution in [-0.4, -0.2) is 25.5 Å². The molecule has 6 nitrogen and oxygen atoms in total. The van der Waals surface area contributed by atoms with E-state index in [0.717, 1.165) is 0 Å². The lowest BCUT2D eigenvalue weighted by Crippen LogP contribution is -1.79. The standard InChI is InChI=1S/C7H8O3.C2H3N3S2/c1-4-2-5(8)7(10)6(9)3-4;3-1-4-5-2(6)7-1/h2-3,8-10H,1H3;(H2,3,4)(H,5,6). The number of hydrogen-bond acceptors (Lipinski definition) is 7. The largest absolute Gasteiger partial charge is 0.504 e. The topological polar surface area (TPSA) is 115 Å². The van der Waals surface area contributed by atoms with Gasteiger partial charge in [-0.05, 0) is 36.8 Å². The van der Waals surface area contributed by atoms with Gasteiger partial charge in [-0.15, -0.1) is 5.10 Å². The zero-order chi connectivity index (χ0) is 13.0. The average molecular weight is 273 g/mol. The Morgan fingerprint density at radius 1 is 1.29 bits per heavy atom. The number of aryl methyl sites for hydroxylation is 1. The normalized spacial score (nSPS) is 9.47. The Morgan fingerprint density at radius 3 is 2.12 bits per heavy atom. The fourth-order valence-electron chi connectivity index (χ4n) is 0.982. The summed E-state index contributed by atoms with van der Waals surface area (Å²) in [5, 5.41) is 33.2. The van der Waals surface area contributed by atoms with Gasteiger partial charge in [0.1, 0.15) is 0 Å². The summed E-state index contributed by atoms with van der Waals surface area (Å²) in [6.45, 7) is 1.71. The van der Waals surface area contributed by atoms with Gasteiger partial charge in [0.2, 0.25) is 5.13 Å². The van der Waals surface area contributed by atoms with Crippen LogP contribution < -0.4 is 5.73 Å². The summed E-state index contributed by atoms with van der Waals surface area (Å²) in [4.78, 5) is 0. The third-order valence-corrected chi connectivity index (χ3v) is 2.59. The summed E-state index contributed by atoms with van der Waals surface area (Å²) >= 11 is 5.92. The van der Waals surface area contributed by atoms with E-state index in [2.05, 4.69) is 22.4 Å². The van der Waals surface area contributed by atoms with Crippen molar-refractivity contribution >= 4 is 28.7 Å². The van der Waals surface area contributed by atoms with Crippen LogP contribution in [-0.2, 0) is 0 Å². The first-order chi connectivity index (χ1) is 7.90. The van der Waals surface area contributed by atoms with Crippen LogP contribution in [0.3, 0.4) is 0 Å². The molecule has 0 bridgehead atoms. The monoisotopic (exact) mass is 273 g/mol. The third kappa shape index (κ3) is 3.93. The Labute approximate surface area is 106 Å². The maximum Gasteiger partial charge on any atom is 0.201 e. The van der Waals surface area contributed by atoms with Crippen LogP contribution in [0.15, 0.2) is 12.1 Å². The van der Waals surface area contributed by atoms with E-state index in [1.54, 1.807) is 6.92 Å². The Balaban J connectivity index is 0.000000181. The molecule has 0 radical (unpaired) electrons. The van der Waals surface area contributed by atoms with Crippen LogP contribution in [0.4, 0.5) is 5.13 Å². The van der Waals surface area contributed by atoms with E-state index >= 15 is 0 Å². The number of H-pyrrole nitrogens is 1. The van der Waals surface area contributed by atoms with Gasteiger partial charge in [-0.2, -0.15) is 0 Å². The van der Waals surface area contributed by atoms with E-state index in [9.17, 15) is 0 Å². The van der Waals surface area contributed by atoms with Gasteiger partial charge in [-0.1, -0.05) is 11.3 Å². The molecule has 17 heavy (non-hydrogen) atoms. The number of nitrogens with one attached hydrogen (secondary N) is 1. The second-order valence-corrected chi connectivity index (χ2v) is 4.80. The van der Waals surface area contributed by atoms with Crippen LogP contribution in [0.25, 0.3) is 0 Å². The van der Waals surface area contributed by atoms with Crippen LogP contribution in [0.1, 0.15) is 5.56 Å². The van der Waals surface area contributed by atoms with E-state index < -0.39 is 5.75 Å². The molecule has 0 aliphatic rings. The van der Waals surface area contributed by atoms with Crippen molar-refractivity contribution < 1.29 is 15.3 Å². The fraction of sp³-hybridized carbons (Fsp3) is 0.111. The van der Waals surface area contributed by atoms with Gasteiger partial charge in [-0.3, -0.25) is 5.10 Å². The number of aromatic amines is 1. The molecule has 2 aromatic rings. The lowest BCUT2D eigenvalue weighted by Gasteiger charge is -2.00. The number of rotatable bonds is 0. The fourth-order valence-corrected chi connectivity index (χ4v) is 1.66. The lowest BCUT2D eigenvalue weighted by atomic mass is 10.2. The summed E-state index contributed by atoms with van der Waals surface area (Å²) in [7, 11) is 0. The highest BCUT2D eigenvalue weighted by Crippen LogP contribution is 2.34. The van der Waals surface area contributed by atoms with Crippen LogP contribution in [0.2, 0.25) is 0 Å². The van der Waals surface area contributed by atoms with Crippen molar-refractivity contribution in [2.45, 2.75) is 6.92 Å². The number of benzene rings is 1. The molecule has 2 rings (SSSR count). The van der Waals surface area contributed by atoms with Crippen molar-refractivity contribution in [3.63, 3.8) is 0 Å². The van der Waals surface area contributed by atoms with Crippen LogP contribution in [0.5, 0.6) is 17.2 Å². The molecule has 8 heteroatoms. The number of hydrogen-bond donors (Lipinski definition) is 5. The number of nitrogens with two attached hydrogens (primary N) is 1. The number of nitrogen functional groups attached to an aromatic ring is 1. The van der Waals surface area contributed by atoms with E-state index in [-0.39, 0.29) is 11.5 Å². The maximum absolute atomic E-state index is 8.87. The van der Waals surface area contributed by atoms with Crippen molar-refractivity contribution in [1.29, 1.82) is 0 Å². The van der Waals surface area contributed by atoms with Crippen molar-refractivity contribution in [2.75, 3.05) is 5.73 Å². The molecule has 6 N–H and O–H groups in total. The minimum atomic E-state index is -0.467. The molecule has 0 atom stereocenters. The highest BCUT2D eigenvalue weighted by molar-refractivity contribution is 7.73. The predicted molar refractivity (Wildman–Crippen MR) is 67.9 cm³/mol. The van der Waals surface area contributed by atoms with Gasteiger partial charge in [0.15, 0.2) is 21.2 Å². The lowest BCUT2D eigenvalue weighted by molar-refractivity contribution is 0.367. The van der Waals surface area contributed by atoms with E-state index in [1.807, 2.05) is 0 Å². The molecule has 0 saturated carbocycles. The summed E-state index contributed by atoms with van der Waals surface area (Å²) < 4.78 is 0.623. The zero-order valence-corrected chi connectivity index (χ0v) is 10.5. The van der Waals surface area contributed by atoms with Crippen molar-refractivity contribution in [3.05, 3.63) is 21.7 Å². The molecule has 0 spiro atoms. The Kier molecular flexibility index (Phi) is 4.30. The molecule has 0 amide bonds. The highest BCUT2D eigenvalue weighted by Gasteiger charge is 2.04. The van der Waals surface area contributed by atoms with E-state index in [1.165, 1.54) is 23.5 Å². The average Bonchev–Trinajstić information content (AvgIpc) is 2.60. The van der Waals surface area contributed by atoms with E-state index in [0.29, 0.717) is 14.6 Å². The number of aromatic hydroxyl groups is 3. The summed E-state index contributed by atoms with van der Waals surface area (Å²) in [5.74, 6) is -1.05. The zero-order valence-electron chi connectivity index (χ0n) is 8.84. The number of aromatic nitrogens is 2. The SMILES string of the molecule is Cc1cc(O)c(O)c(O)c1.Nc1n[nH]c(=S)s1.